The molecule has 32 heavy (non-hydrogen) atoms. The minimum atomic E-state index is -0.554. The van der Waals surface area contributed by atoms with Crippen molar-refractivity contribution in [3.05, 3.63) is 71.8 Å². The van der Waals surface area contributed by atoms with E-state index in [1.54, 1.807) is 7.69 Å². The Bertz CT molecular complexity index is 685. The van der Waals surface area contributed by atoms with E-state index in [1.807, 2.05) is 0 Å². The second-order valence-electron chi connectivity index (χ2n) is 9.10. The molecule has 1 radical (unpaired) electrons. The maximum atomic E-state index is 6.38. The van der Waals surface area contributed by atoms with Crippen molar-refractivity contribution in [2.75, 3.05) is 26.2 Å². The van der Waals surface area contributed by atoms with Gasteiger partial charge in [0.25, 0.3) is 0 Å². The minimum Gasteiger partial charge on any atom is -0.412 e. The molecule has 0 unspecified atom stereocenters. The van der Waals surface area contributed by atoms with Gasteiger partial charge in [0, 0.05) is 19.7 Å². The summed E-state index contributed by atoms with van der Waals surface area (Å²) < 4.78 is 12.1. The predicted molar refractivity (Wildman–Crippen MR) is 135 cm³/mol. The molecule has 173 valence electrons. The van der Waals surface area contributed by atoms with Crippen LogP contribution in [-0.2, 0) is 14.9 Å². The molecular weight excluding hydrogens is 393 g/mol. The van der Waals surface area contributed by atoms with Gasteiger partial charge in [-0.2, -0.15) is 0 Å². The van der Waals surface area contributed by atoms with Crippen LogP contribution in [0.15, 0.2) is 60.7 Å². The lowest BCUT2D eigenvalue weighted by atomic mass is 9.84. The molecule has 0 saturated carbocycles. The van der Waals surface area contributed by atoms with Gasteiger partial charge in [-0.1, -0.05) is 125 Å². The molecule has 1 fully saturated rings. The third kappa shape index (κ3) is 7.76. The highest BCUT2D eigenvalue weighted by Gasteiger charge is 2.38. The average Bonchev–Trinajstić information content (AvgIpc) is 2.83. The maximum absolute atomic E-state index is 6.38. The molecule has 0 atom stereocenters. The van der Waals surface area contributed by atoms with Gasteiger partial charge in [-0.05, 0) is 24.1 Å². The van der Waals surface area contributed by atoms with Crippen molar-refractivity contribution < 1.29 is 9.31 Å². The SMILES string of the molecule is CCCCCCCCCCCCN1CCO[B]OC(c2ccccc2)(c2ccccc2)C1. The fraction of sp³-hybridized carbons (Fsp3) is 0.571. The summed E-state index contributed by atoms with van der Waals surface area (Å²) in [6, 6.07) is 21.2. The molecule has 1 aliphatic rings. The fourth-order valence-electron chi connectivity index (χ4n) is 4.69. The van der Waals surface area contributed by atoms with Crippen LogP contribution in [-0.4, -0.2) is 38.8 Å². The number of benzene rings is 2. The van der Waals surface area contributed by atoms with E-state index in [-0.39, 0.29) is 0 Å². The van der Waals surface area contributed by atoms with Crippen LogP contribution >= 0.6 is 0 Å². The van der Waals surface area contributed by atoms with Crippen molar-refractivity contribution in [3.63, 3.8) is 0 Å². The lowest BCUT2D eigenvalue weighted by Gasteiger charge is -2.41. The van der Waals surface area contributed by atoms with Crippen LogP contribution in [0.1, 0.15) is 82.3 Å². The second-order valence-corrected chi connectivity index (χ2v) is 9.10. The summed E-state index contributed by atoms with van der Waals surface area (Å²) in [5.74, 6) is 0. The second kappa shape index (κ2) is 14.5. The summed E-state index contributed by atoms with van der Waals surface area (Å²) in [4.78, 5) is 2.53. The molecule has 2 aromatic rings. The van der Waals surface area contributed by atoms with Crippen LogP contribution in [0.3, 0.4) is 0 Å². The number of hydrogen-bond acceptors (Lipinski definition) is 3. The van der Waals surface area contributed by atoms with E-state index in [1.165, 1.54) is 75.3 Å². The van der Waals surface area contributed by atoms with Crippen LogP contribution < -0.4 is 0 Å². The largest absolute Gasteiger partial charge is 0.489 e. The summed E-state index contributed by atoms with van der Waals surface area (Å²) >= 11 is 0. The highest BCUT2D eigenvalue weighted by Crippen LogP contribution is 2.35. The fourth-order valence-corrected chi connectivity index (χ4v) is 4.69. The quantitative estimate of drug-likeness (QED) is 0.258. The predicted octanol–water partition coefficient (Wildman–Crippen LogP) is 6.73. The highest BCUT2D eigenvalue weighted by molar-refractivity contribution is 6.18. The first-order chi connectivity index (χ1) is 15.8. The first-order valence-electron chi connectivity index (χ1n) is 12.8. The van der Waals surface area contributed by atoms with E-state index in [0.29, 0.717) is 6.61 Å². The van der Waals surface area contributed by atoms with E-state index in [2.05, 4.69) is 72.5 Å². The van der Waals surface area contributed by atoms with Gasteiger partial charge in [0.15, 0.2) is 0 Å². The summed E-state index contributed by atoms with van der Waals surface area (Å²) in [7, 11) is 1.55. The molecule has 2 aromatic carbocycles. The molecule has 3 rings (SSSR count). The maximum Gasteiger partial charge on any atom is 0.489 e. The van der Waals surface area contributed by atoms with Crippen LogP contribution in [0.25, 0.3) is 0 Å². The van der Waals surface area contributed by atoms with E-state index in [4.69, 9.17) is 9.31 Å². The van der Waals surface area contributed by atoms with Crippen LogP contribution in [0.5, 0.6) is 0 Å². The van der Waals surface area contributed by atoms with E-state index >= 15 is 0 Å². The molecule has 0 amide bonds. The van der Waals surface area contributed by atoms with Gasteiger partial charge in [0.1, 0.15) is 5.60 Å². The summed E-state index contributed by atoms with van der Waals surface area (Å²) in [5, 5.41) is 0. The van der Waals surface area contributed by atoms with Gasteiger partial charge in [-0.3, -0.25) is 4.90 Å². The average molecular weight is 434 g/mol. The Hall–Kier alpha value is -1.62. The number of unbranched alkanes of at least 4 members (excludes halogenated alkanes) is 9. The summed E-state index contributed by atoms with van der Waals surface area (Å²) in [5.41, 5.74) is 1.78. The normalized spacial score (nSPS) is 16.8. The molecular formula is C28H41BNO2. The minimum absolute atomic E-state index is 0.554. The number of rotatable bonds is 13. The van der Waals surface area contributed by atoms with Crippen LogP contribution in [0.4, 0.5) is 0 Å². The Kier molecular flexibility index (Phi) is 11.3. The van der Waals surface area contributed by atoms with Crippen molar-refractivity contribution in [1.29, 1.82) is 0 Å². The number of nitrogens with zero attached hydrogens (tertiary/aromatic N) is 1. The smallest absolute Gasteiger partial charge is 0.412 e. The van der Waals surface area contributed by atoms with Crippen molar-refractivity contribution in [2.45, 2.75) is 76.7 Å². The van der Waals surface area contributed by atoms with Gasteiger partial charge in [-0.25, -0.2) is 0 Å². The molecule has 0 aliphatic carbocycles. The van der Waals surface area contributed by atoms with Crippen LogP contribution in [0.2, 0.25) is 0 Å². The molecule has 3 nitrogen and oxygen atoms in total. The van der Waals surface area contributed by atoms with Gasteiger partial charge >= 0.3 is 7.69 Å². The lowest BCUT2D eigenvalue weighted by molar-refractivity contribution is 0.0144. The zero-order valence-corrected chi connectivity index (χ0v) is 20.0. The third-order valence-electron chi connectivity index (χ3n) is 6.60. The van der Waals surface area contributed by atoms with Gasteiger partial charge in [0.2, 0.25) is 0 Å². The van der Waals surface area contributed by atoms with Gasteiger partial charge in [0.05, 0.1) is 0 Å². The molecule has 0 N–H and O–H groups in total. The van der Waals surface area contributed by atoms with Crippen molar-refractivity contribution >= 4 is 7.69 Å². The summed E-state index contributed by atoms with van der Waals surface area (Å²) in [6.45, 7) is 5.81. The van der Waals surface area contributed by atoms with Crippen molar-refractivity contribution in [1.82, 2.24) is 4.90 Å². The van der Waals surface area contributed by atoms with Crippen molar-refractivity contribution in [2.24, 2.45) is 0 Å². The molecule has 1 heterocycles. The van der Waals surface area contributed by atoms with E-state index in [9.17, 15) is 0 Å². The van der Waals surface area contributed by atoms with Crippen LogP contribution in [0, 0.1) is 0 Å². The molecule has 1 saturated heterocycles. The Morgan fingerprint density at radius 3 is 1.84 bits per heavy atom. The first kappa shape index (κ1) is 25.0. The summed E-state index contributed by atoms with van der Waals surface area (Å²) in [6.07, 6.45) is 13.6. The molecule has 0 bridgehead atoms. The molecule has 0 spiro atoms. The zero-order chi connectivity index (χ0) is 22.3. The number of hydrogen-bond donors (Lipinski definition) is 0. The Labute approximate surface area is 196 Å². The lowest BCUT2D eigenvalue weighted by Crippen LogP contribution is -2.48. The zero-order valence-electron chi connectivity index (χ0n) is 20.0. The molecule has 4 heteroatoms. The Morgan fingerprint density at radius 1 is 0.750 bits per heavy atom. The standard InChI is InChI=1S/C28H41BNO2/c1-2-3-4-5-6-7-8-9-10-17-22-30-23-24-31-29-32-28(25-30,26-18-13-11-14-19-26)27-20-15-12-16-21-27/h11-16,18-21H,2-10,17,22-25H2,1H3. The van der Waals surface area contributed by atoms with Gasteiger partial charge in [-0.15, -0.1) is 0 Å². The Morgan fingerprint density at radius 2 is 1.28 bits per heavy atom. The van der Waals surface area contributed by atoms with Crippen molar-refractivity contribution in [3.8, 4) is 0 Å². The highest BCUT2D eigenvalue weighted by atomic mass is 16.6. The third-order valence-corrected chi connectivity index (χ3v) is 6.60. The molecule has 0 aromatic heterocycles. The monoisotopic (exact) mass is 434 g/mol. The Balaban J connectivity index is 1.55. The van der Waals surface area contributed by atoms with E-state index < -0.39 is 5.60 Å². The van der Waals surface area contributed by atoms with E-state index in [0.717, 1.165) is 19.6 Å². The van der Waals surface area contributed by atoms with Gasteiger partial charge < -0.3 is 9.31 Å². The first-order valence-corrected chi connectivity index (χ1v) is 12.8. The topological polar surface area (TPSA) is 21.7 Å². The molecule has 1 aliphatic heterocycles.